The molecule has 0 saturated carbocycles. The molecule has 0 aromatic rings. The third-order valence-corrected chi connectivity index (χ3v) is 7.51. The van der Waals surface area contributed by atoms with Gasteiger partial charge in [0.25, 0.3) is 0 Å². The van der Waals surface area contributed by atoms with Gasteiger partial charge < -0.3 is 9.80 Å². The lowest BCUT2D eigenvalue weighted by Gasteiger charge is -2.28. The molecule has 0 aromatic carbocycles. The first-order valence-corrected chi connectivity index (χ1v) is 16.2. The van der Waals surface area contributed by atoms with E-state index in [-0.39, 0.29) is 0 Å². The van der Waals surface area contributed by atoms with Gasteiger partial charge in [-0.05, 0) is 51.9 Å². The van der Waals surface area contributed by atoms with Gasteiger partial charge in [0.15, 0.2) is 0 Å². The highest BCUT2D eigenvalue weighted by Gasteiger charge is 2.09. The summed E-state index contributed by atoms with van der Waals surface area (Å²) in [5.74, 6) is 0. The second-order valence-electron chi connectivity index (χ2n) is 11.0. The molecule has 2 heteroatoms. The van der Waals surface area contributed by atoms with E-state index < -0.39 is 0 Å². The first-order chi connectivity index (χ1) is 16.8. The lowest BCUT2D eigenvalue weighted by atomic mass is 10.1. The minimum Gasteiger partial charge on any atom is -0.302 e. The number of hydrogen-bond acceptors (Lipinski definition) is 2. The van der Waals surface area contributed by atoms with E-state index in [1.54, 1.807) is 0 Å². The molecular weight excluding hydrogens is 412 g/mol. The van der Waals surface area contributed by atoms with Gasteiger partial charge >= 0.3 is 0 Å². The average Bonchev–Trinajstić information content (AvgIpc) is 2.84. The molecule has 0 aliphatic carbocycles. The molecule has 0 spiro atoms. The second-order valence-corrected chi connectivity index (χ2v) is 11.0. The zero-order chi connectivity index (χ0) is 25.0. The predicted octanol–water partition coefficient (Wildman–Crippen LogP) is 10.3. The van der Waals surface area contributed by atoms with Crippen molar-refractivity contribution in [1.82, 2.24) is 9.80 Å². The molecule has 0 bridgehead atoms. The molecule has 0 fully saturated rings. The van der Waals surface area contributed by atoms with Gasteiger partial charge in [0.05, 0.1) is 0 Å². The second kappa shape index (κ2) is 29.2. The monoisotopic (exact) mass is 481 g/mol. The van der Waals surface area contributed by atoms with Gasteiger partial charge in [0.1, 0.15) is 0 Å². The zero-order valence-electron chi connectivity index (χ0n) is 24.7. The topological polar surface area (TPSA) is 6.48 Å². The molecule has 0 aliphatic rings. The normalized spacial score (nSPS) is 11.8. The van der Waals surface area contributed by atoms with Crippen LogP contribution >= 0.6 is 0 Å². The summed E-state index contributed by atoms with van der Waals surface area (Å²) in [5.41, 5.74) is 0. The molecule has 0 unspecified atom stereocenters. The van der Waals surface area contributed by atoms with Crippen LogP contribution in [0.25, 0.3) is 0 Å². The summed E-state index contributed by atoms with van der Waals surface area (Å²) >= 11 is 0. The summed E-state index contributed by atoms with van der Waals surface area (Å²) in [7, 11) is 0. The van der Waals surface area contributed by atoms with Crippen molar-refractivity contribution in [3.05, 3.63) is 0 Å². The van der Waals surface area contributed by atoms with Crippen LogP contribution in [0.4, 0.5) is 0 Å². The average molecular weight is 481 g/mol. The van der Waals surface area contributed by atoms with E-state index in [0.29, 0.717) is 0 Å². The van der Waals surface area contributed by atoms with Crippen LogP contribution < -0.4 is 0 Å². The smallest absolute Gasteiger partial charge is 0.0109 e. The highest BCUT2D eigenvalue weighted by Crippen LogP contribution is 2.11. The molecule has 0 saturated heterocycles. The molecule has 0 aromatic heterocycles. The minimum atomic E-state index is 1.29. The van der Waals surface area contributed by atoms with Crippen molar-refractivity contribution in [2.75, 3.05) is 39.3 Å². The van der Waals surface area contributed by atoms with Crippen molar-refractivity contribution in [3.63, 3.8) is 0 Å². The Morgan fingerprint density at radius 3 is 0.794 bits per heavy atom. The lowest BCUT2D eigenvalue weighted by molar-refractivity contribution is 0.195. The third kappa shape index (κ3) is 25.0. The van der Waals surface area contributed by atoms with E-state index in [9.17, 15) is 0 Å². The lowest BCUT2D eigenvalue weighted by Crippen LogP contribution is -2.37. The zero-order valence-corrected chi connectivity index (χ0v) is 24.7. The highest BCUT2D eigenvalue weighted by atomic mass is 15.2. The van der Waals surface area contributed by atoms with Gasteiger partial charge in [0.2, 0.25) is 0 Å². The van der Waals surface area contributed by atoms with Gasteiger partial charge in [-0.15, -0.1) is 0 Å². The van der Waals surface area contributed by atoms with Crippen LogP contribution in [0.15, 0.2) is 0 Å². The van der Waals surface area contributed by atoms with E-state index in [2.05, 4.69) is 37.5 Å². The first kappa shape index (κ1) is 33.9. The molecule has 0 amide bonds. The molecule has 0 aliphatic heterocycles. The van der Waals surface area contributed by atoms with Crippen LogP contribution in [0.3, 0.4) is 0 Å². The summed E-state index contributed by atoms with van der Waals surface area (Å²) < 4.78 is 0. The van der Waals surface area contributed by atoms with E-state index in [4.69, 9.17) is 0 Å². The van der Waals surface area contributed by atoms with Crippen molar-refractivity contribution in [2.45, 2.75) is 169 Å². The van der Waals surface area contributed by atoms with Crippen molar-refractivity contribution < 1.29 is 0 Å². The largest absolute Gasteiger partial charge is 0.302 e. The summed E-state index contributed by atoms with van der Waals surface area (Å²) in [6, 6.07) is 0. The molecule has 0 radical (unpaired) electrons. The van der Waals surface area contributed by atoms with E-state index in [0.717, 1.165) is 0 Å². The minimum absolute atomic E-state index is 1.29. The highest BCUT2D eigenvalue weighted by molar-refractivity contribution is 4.65. The molecule has 34 heavy (non-hydrogen) atoms. The van der Waals surface area contributed by atoms with Gasteiger partial charge in [0, 0.05) is 13.1 Å². The Balaban J connectivity index is 4.23. The number of unbranched alkanes of at least 4 members (excludes halogenated alkanes) is 18. The predicted molar refractivity (Wildman–Crippen MR) is 157 cm³/mol. The third-order valence-electron chi connectivity index (χ3n) is 7.51. The van der Waals surface area contributed by atoms with E-state index >= 15 is 0 Å². The number of hydrogen-bond donors (Lipinski definition) is 0. The Hall–Kier alpha value is -0.0800. The fraction of sp³-hybridized carbons (Fsp3) is 1.00. The molecule has 2 nitrogen and oxygen atoms in total. The van der Waals surface area contributed by atoms with Crippen LogP contribution in [0.1, 0.15) is 169 Å². The van der Waals surface area contributed by atoms with Crippen molar-refractivity contribution in [2.24, 2.45) is 0 Å². The van der Waals surface area contributed by atoms with Crippen LogP contribution in [-0.2, 0) is 0 Å². The Morgan fingerprint density at radius 2 is 0.500 bits per heavy atom. The summed E-state index contributed by atoms with van der Waals surface area (Å²) in [5, 5.41) is 0. The maximum absolute atomic E-state index is 2.82. The van der Waals surface area contributed by atoms with Gasteiger partial charge in [-0.3, -0.25) is 0 Å². The molecule has 0 heterocycles. The molecule has 0 N–H and O–H groups in total. The van der Waals surface area contributed by atoms with Crippen molar-refractivity contribution in [1.29, 1.82) is 0 Å². The summed E-state index contributed by atoms with van der Waals surface area (Å²) in [6.45, 7) is 17.2. The molecule has 0 atom stereocenters. The Bertz CT molecular complexity index is 339. The number of nitrogens with zero attached hydrogens (tertiary/aromatic N) is 2. The fourth-order valence-electron chi connectivity index (χ4n) is 5.15. The maximum atomic E-state index is 2.82. The Kier molecular flexibility index (Phi) is 29.1. The molecule has 0 rings (SSSR count). The first-order valence-electron chi connectivity index (χ1n) is 16.2. The van der Waals surface area contributed by atoms with Crippen LogP contribution in [0.5, 0.6) is 0 Å². The Morgan fingerprint density at radius 1 is 0.235 bits per heavy atom. The van der Waals surface area contributed by atoms with Gasteiger partial charge in [-0.25, -0.2) is 0 Å². The van der Waals surface area contributed by atoms with Gasteiger partial charge in [-0.2, -0.15) is 0 Å². The maximum Gasteiger partial charge on any atom is 0.0109 e. The van der Waals surface area contributed by atoms with Crippen LogP contribution in [0, 0.1) is 0 Å². The standard InChI is InChI=1S/C32H68N2/c1-5-9-12-15-18-21-24-28-33(27-8-4)31-32-34(29-25-22-19-16-13-10-6-2)30-26-23-20-17-14-11-7-3/h5-32H2,1-4H3. The number of rotatable bonds is 29. The summed E-state index contributed by atoms with van der Waals surface area (Å²) in [4.78, 5) is 5.60. The molecular formula is C32H68N2. The van der Waals surface area contributed by atoms with Crippen molar-refractivity contribution >= 4 is 0 Å². The van der Waals surface area contributed by atoms with Crippen LogP contribution in [-0.4, -0.2) is 49.1 Å². The summed E-state index contributed by atoms with van der Waals surface area (Å²) in [6.07, 6.45) is 31.2. The molecule has 206 valence electrons. The quantitative estimate of drug-likeness (QED) is 0.0982. The van der Waals surface area contributed by atoms with Gasteiger partial charge in [-0.1, -0.05) is 143 Å². The van der Waals surface area contributed by atoms with Crippen LogP contribution in [0.2, 0.25) is 0 Å². The SMILES string of the molecule is CCCCCCCCCN(CCC)CCN(CCCCCCCCC)CCCCCCCCC. The van der Waals surface area contributed by atoms with Crippen molar-refractivity contribution in [3.8, 4) is 0 Å². The fourth-order valence-corrected chi connectivity index (χ4v) is 5.15. The Labute approximate surface area is 218 Å². The van der Waals surface area contributed by atoms with E-state index in [1.807, 2.05) is 0 Å². The van der Waals surface area contributed by atoms with E-state index in [1.165, 1.54) is 181 Å².